The first-order chi connectivity index (χ1) is 13.4. The molecule has 0 aliphatic rings. The van der Waals surface area contributed by atoms with E-state index in [2.05, 4.69) is 15.9 Å². The Kier molecular flexibility index (Phi) is 7.80. The Morgan fingerprint density at radius 1 is 1.04 bits per heavy atom. The van der Waals surface area contributed by atoms with Gasteiger partial charge < -0.3 is 18.9 Å². The highest BCUT2D eigenvalue weighted by molar-refractivity contribution is 9.10. The van der Waals surface area contributed by atoms with Crippen molar-refractivity contribution < 1.29 is 32.9 Å². The van der Waals surface area contributed by atoms with Gasteiger partial charge in [0.25, 0.3) is 0 Å². The van der Waals surface area contributed by atoms with E-state index < -0.39 is 24.2 Å². The Morgan fingerprint density at radius 2 is 1.75 bits per heavy atom. The van der Waals surface area contributed by atoms with Crippen LogP contribution in [0.3, 0.4) is 0 Å². The van der Waals surface area contributed by atoms with E-state index in [1.807, 2.05) is 6.92 Å². The van der Waals surface area contributed by atoms with Gasteiger partial charge in [0.15, 0.2) is 35.5 Å². The Morgan fingerprint density at radius 3 is 2.36 bits per heavy atom. The lowest BCUT2D eigenvalue weighted by molar-refractivity contribution is 0.0474. The van der Waals surface area contributed by atoms with E-state index in [-0.39, 0.29) is 16.9 Å². The number of ketones is 1. The minimum Gasteiger partial charge on any atom is -0.494 e. The van der Waals surface area contributed by atoms with Crippen molar-refractivity contribution >= 4 is 27.7 Å². The quantitative estimate of drug-likeness (QED) is 0.412. The molecule has 8 heteroatoms. The summed E-state index contributed by atoms with van der Waals surface area (Å²) in [6.07, 6.45) is 0.813. The largest absolute Gasteiger partial charge is 0.494 e. The molecule has 0 saturated carbocycles. The van der Waals surface area contributed by atoms with E-state index in [4.69, 9.17) is 18.9 Å². The third kappa shape index (κ3) is 5.22. The van der Waals surface area contributed by atoms with Gasteiger partial charge >= 0.3 is 5.97 Å². The van der Waals surface area contributed by atoms with Crippen LogP contribution in [-0.4, -0.2) is 39.2 Å². The highest BCUT2D eigenvalue weighted by Crippen LogP contribution is 2.37. The molecule has 0 unspecified atom stereocenters. The second-order valence-electron chi connectivity index (χ2n) is 5.69. The number of rotatable bonds is 9. The predicted molar refractivity (Wildman–Crippen MR) is 104 cm³/mol. The van der Waals surface area contributed by atoms with Gasteiger partial charge in [0.05, 0.1) is 30.9 Å². The zero-order valence-electron chi connectivity index (χ0n) is 15.7. The van der Waals surface area contributed by atoms with E-state index in [1.54, 1.807) is 0 Å². The highest BCUT2D eigenvalue weighted by Gasteiger charge is 2.18. The molecule has 0 saturated heterocycles. The molecule has 0 atom stereocenters. The standard InChI is InChI=1S/C20H20BrFO6/c1-4-7-27-19-14(21)8-13(10-18(19)26-3)20(24)28-11-16(23)12-5-6-17(25-2)15(22)9-12/h5-6,8-10H,4,7,11H2,1-3H3. The number of hydrogen-bond acceptors (Lipinski definition) is 6. The minimum atomic E-state index is -0.719. The van der Waals surface area contributed by atoms with Crippen LogP contribution in [0.4, 0.5) is 4.39 Å². The average Bonchev–Trinajstić information content (AvgIpc) is 2.70. The topological polar surface area (TPSA) is 71.1 Å². The number of benzene rings is 2. The molecule has 0 aliphatic heterocycles. The Labute approximate surface area is 170 Å². The average molecular weight is 455 g/mol. The lowest BCUT2D eigenvalue weighted by atomic mass is 10.1. The maximum absolute atomic E-state index is 13.7. The van der Waals surface area contributed by atoms with E-state index >= 15 is 0 Å². The number of ether oxygens (including phenoxy) is 4. The lowest BCUT2D eigenvalue weighted by Gasteiger charge is -2.13. The van der Waals surface area contributed by atoms with Crippen molar-refractivity contribution in [1.29, 1.82) is 0 Å². The number of carbonyl (C=O) groups excluding carboxylic acids is 2. The normalized spacial score (nSPS) is 10.3. The van der Waals surface area contributed by atoms with Crippen LogP contribution >= 0.6 is 15.9 Å². The second kappa shape index (κ2) is 10.1. The van der Waals surface area contributed by atoms with Crippen molar-refractivity contribution in [1.82, 2.24) is 0 Å². The second-order valence-corrected chi connectivity index (χ2v) is 6.54. The molecule has 0 N–H and O–H groups in total. The van der Waals surface area contributed by atoms with Crippen LogP contribution in [-0.2, 0) is 4.74 Å². The number of methoxy groups -OCH3 is 2. The fourth-order valence-corrected chi connectivity index (χ4v) is 2.88. The summed E-state index contributed by atoms with van der Waals surface area (Å²) in [5.41, 5.74) is 0.259. The summed E-state index contributed by atoms with van der Waals surface area (Å²) < 4.78 is 35.0. The van der Waals surface area contributed by atoms with Crippen molar-refractivity contribution in [2.45, 2.75) is 13.3 Å². The molecule has 0 bridgehead atoms. The first kappa shape index (κ1) is 21.7. The van der Waals surface area contributed by atoms with Crippen LogP contribution in [0.2, 0.25) is 0 Å². The molecule has 0 spiro atoms. The van der Waals surface area contributed by atoms with Crippen molar-refractivity contribution in [2.24, 2.45) is 0 Å². The fourth-order valence-electron chi connectivity index (χ4n) is 2.32. The molecule has 2 aromatic carbocycles. The van der Waals surface area contributed by atoms with Crippen LogP contribution in [0.5, 0.6) is 17.2 Å². The summed E-state index contributed by atoms with van der Waals surface area (Å²) in [6.45, 7) is 1.93. The minimum absolute atomic E-state index is 0.0240. The number of Topliss-reactive ketones (excluding diaryl/α,β-unsaturated/α-hetero) is 1. The molecule has 2 rings (SSSR count). The first-order valence-electron chi connectivity index (χ1n) is 8.45. The van der Waals surface area contributed by atoms with E-state index in [0.717, 1.165) is 12.5 Å². The molecule has 0 aliphatic carbocycles. The summed E-state index contributed by atoms with van der Waals surface area (Å²) in [4.78, 5) is 24.5. The zero-order valence-corrected chi connectivity index (χ0v) is 17.3. The van der Waals surface area contributed by atoms with Gasteiger partial charge in [-0.2, -0.15) is 0 Å². The molecule has 0 amide bonds. The molecule has 28 heavy (non-hydrogen) atoms. The summed E-state index contributed by atoms with van der Waals surface area (Å²) in [5.74, 6) is -1.07. The number of esters is 1. The number of halogens is 2. The van der Waals surface area contributed by atoms with Crippen LogP contribution in [0, 0.1) is 5.82 Å². The lowest BCUT2D eigenvalue weighted by Crippen LogP contribution is -2.15. The molecular formula is C20H20BrFO6. The summed E-state index contributed by atoms with van der Waals surface area (Å²) >= 11 is 3.34. The maximum atomic E-state index is 13.7. The Hall–Kier alpha value is -2.61. The van der Waals surface area contributed by atoms with Gasteiger partial charge in [-0.25, -0.2) is 9.18 Å². The van der Waals surface area contributed by atoms with Gasteiger partial charge in [0.1, 0.15) is 0 Å². The summed E-state index contributed by atoms with van der Waals surface area (Å²) in [5, 5.41) is 0. The van der Waals surface area contributed by atoms with E-state index in [1.165, 1.54) is 38.5 Å². The SMILES string of the molecule is CCCOc1c(Br)cc(C(=O)OCC(=O)c2ccc(OC)c(F)c2)cc1OC. The number of carbonyl (C=O) groups is 2. The van der Waals surface area contributed by atoms with Gasteiger partial charge in [-0.15, -0.1) is 0 Å². The van der Waals surface area contributed by atoms with Crippen LogP contribution < -0.4 is 14.2 Å². The van der Waals surface area contributed by atoms with Gasteiger partial charge in [0, 0.05) is 5.56 Å². The Bertz CT molecular complexity index is 868. The molecule has 0 radical (unpaired) electrons. The third-order valence-corrected chi connectivity index (χ3v) is 4.31. The van der Waals surface area contributed by atoms with E-state index in [9.17, 15) is 14.0 Å². The number of hydrogen-bond donors (Lipinski definition) is 0. The predicted octanol–water partition coefficient (Wildman–Crippen LogP) is 4.43. The molecule has 2 aromatic rings. The van der Waals surface area contributed by atoms with Crippen LogP contribution in [0.15, 0.2) is 34.8 Å². The van der Waals surface area contributed by atoms with Crippen molar-refractivity contribution in [3.05, 3.63) is 51.7 Å². The Balaban J connectivity index is 2.09. The first-order valence-corrected chi connectivity index (χ1v) is 9.24. The summed E-state index contributed by atoms with van der Waals surface area (Å²) in [7, 11) is 2.78. The van der Waals surface area contributed by atoms with Gasteiger partial charge in [-0.05, 0) is 52.7 Å². The third-order valence-electron chi connectivity index (χ3n) is 3.72. The van der Waals surface area contributed by atoms with Crippen molar-refractivity contribution in [2.75, 3.05) is 27.4 Å². The fraction of sp³-hybridized carbons (Fsp3) is 0.300. The molecule has 0 heterocycles. The smallest absolute Gasteiger partial charge is 0.338 e. The molecular weight excluding hydrogens is 435 g/mol. The monoisotopic (exact) mass is 454 g/mol. The van der Waals surface area contributed by atoms with Crippen molar-refractivity contribution in [3.63, 3.8) is 0 Å². The van der Waals surface area contributed by atoms with Crippen LogP contribution in [0.25, 0.3) is 0 Å². The van der Waals surface area contributed by atoms with Crippen molar-refractivity contribution in [3.8, 4) is 17.2 Å². The molecule has 0 aromatic heterocycles. The van der Waals surface area contributed by atoms with E-state index in [0.29, 0.717) is 22.6 Å². The van der Waals surface area contributed by atoms with Crippen LogP contribution in [0.1, 0.15) is 34.1 Å². The molecule has 150 valence electrons. The maximum Gasteiger partial charge on any atom is 0.338 e. The summed E-state index contributed by atoms with van der Waals surface area (Å²) in [6, 6.07) is 6.76. The van der Waals surface area contributed by atoms with Gasteiger partial charge in [0.2, 0.25) is 0 Å². The van der Waals surface area contributed by atoms with Gasteiger partial charge in [-0.1, -0.05) is 6.92 Å². The zero-order chi connectivity index (χ0) is 20.7. The highest BCUT2D eigenvalue weighted by atomic mass is 79.9. The van der Waals surface area contributed by atoms with Gasteiger partial charge in [-0.3, -0.25) is 4.79 Å². The molecule has 0 fully saturated rings. The molecule has 6 nitrogen and oxygen atoms in total.